The number of hydrogen-bond acceptors (Lipinski definition) is 4. The van der Waals surface area contributed by atoms with Crippen molar-refractivity contribution >= 4 is 20.8 Å². The smallest absolute Gasteiger partial charge is 0.233 e. The van der Waals surface area contributed by atoms with Crippen LogP contribution in [-0.2, 0) is 41.0 Å². The number of nitrogens with zero attached hydrogens (tertiary/aromatic N) is 3. The van der Waals surface area contributed by atoms with Crippen LogP contribution in [0.4, 0.5) is 7.77 Å². The summed E-state index contributed by atoms with van der Waals surface area (Å²) in [4.78, 5) is 0. The molecule has 0 amide bonds. The summed E-state index contributed by atoms with van der Waals surface area (Å²) >= 11 is 0. The van der Waals surface area contributed by atoms with Crippen LogP contribution in [-0.4, -0.2) is 25.1 Å². The van der Waals surface area contributed by atoms with Gasteiger partial charge in [-0.25, -0.2) is 9.13 Å². The molecule has 0 atom stereocenters. The third-order valence-corrected chi connectivity index (χ3v) is 5.50. The Kier molecular flexibility index (Phi) is 4.56. The van der Waals surface area contributed by atoms with Crippen LogP contribution >= 0.6 is 0 Å². The number of hydrogen-bond donors (Lipinski definition) is 0. The Morgan fingerprint density at radius 1 is 1.15 bits per heavy atom. The van der Waals surface area contributed by atoms with Crippen molar-refractivity contribution in [2.75, 3.05) is 0 Å². The van der Waals surface area contributed by atoms with Crippen molar-refractivity contribution in [1.82, 2.24) is 8.28 Å². The molecule has 0 spiro atoms. The molecule has 0 saturated carbocycles. The molecule has 1 rings (SSSR count). The summed E-state index contributed by atoms with van der Waals surface area (Å²) in [5.41, 5.74) is 1.48. The van der Waals surface area contributed by atoms with Crippen LogP contribution in [0, 0.1) is 13.8 Å². The van der Waals surface area contributed by atoms with Crippen LogP contribution < -0.4 is 4.57 Å². The largest absolute Gasteiger partial charge is 0.390 e. The zero-order valence-corrected chi connectivity index (χ0v) is 13.1. The zero-order chi connectivity index (χ0) is 15.9. The highest BCUT2D eigenvalue weighted by atomic mass is 32.3. The zero-order valence-electron chi connectivity index (χ0n) is 11.5. The molecule has 0 unspecified atom stereocenters. The Labute approximate surface area is 117 Å². The lowest BCUT2D eigenvalue weighted by Gasteiger charge is -2.10. The summed E-state index contributed by atoms with van der Waals surface area (Å²) in [5.74, 6) is 0.157. The number of imidazole rings is 1. The van der Waals surface area contributed by atoms with Gasteiger partial charge in [0.2, 0.25) is 0 Å². The van der Waals surface area contributed by atoms with Gasteiger partial charge in [-0.05, 0) is 10.6 Å². The molecular formula is C9H16F2N3O4S2+. The first-order valence-corrected chi connectivity index (χ1v) is 8.31. The molecule has 1 aromatic heterocycles. The number of rotatable bonds is 5. The van der Waals surface area contributed by atoms with Gasteiger partial charge in [0.1, 0.15) is 17.9 Å². The van der Waals surface area contributed by atoms with Gasteiger partial charge in [-0.1, -0.05) is 7.77 Å². The first-order chi connectivity index (χ1) is 8.91. The van der Waals surface area contributed by atoms with Crippen molar-refractivity contribution in [3.63, 3.8) is 0 Å². The van der Waals surface area contributed by atoms with Gasteiger partial charge in [-0.3, -0.25) is 0 Å². The molecule has 7 nitrogen and oxygen atoms in total. The predicted molar refractivity (Wildman–Crippen MR) is 66.4 cm³/mol. The van der Waals surface area contributed by atoms with E-state index in [-0.39, 0.29) is 5.82 Å². The van der Waals surface area contributed by atoms with Crippen molar-refractivity contribution in [2.45, 2.75) is 33.9 Å². The van der Waals surface area contributed by atoms with Gasteiger partial charge in [-0.2, -0.15) is 16.8 Å². The van der Waals surface area contributed by atoms with Crippen molar-refractivity contribution in [1.29, 1.82) is 0 Å². The van der Waals surface area contributed by atoms with E-state index in [1.807, 2.05) is 0 Å². The minimum atomic E-state index is -5.72. The Balaban J connectivity index is 3.45. The first kappa shape index (κ1) is 17.0. The van der Waals surface area contributed by atoms with Crippen LogP contribution in [0.3, 0.4) is 0 Å². The van der Waals surface area contributed by atoms with E-state index in [4.69, 9.17) is 0 Å². The van der Waals surface area contributed by atoms with Crippen molar-refractivity contribution < 1.29 is 29.2 Å². The van der Waals surface area contributed by atoms with Crippen LogP contribution in [0.5, 0.6) is 0 Å². The lowest BCUT2D eigenvalue weighted by atomic mass is 10.4. The Morgan fingerprint density at radius 2 is 1.60 bits per heavy atom. The van der Waals surface area contributed by atoms with Crippen molar-refractivity contribution in [3.05, 3.63) is 17.2 Å². The Bertz CT molecular complexity index is 693. The summed E-state index contributed by atoms with van der Waals surface area (Å²) < 4.78 is 71.4. The van der Waals surface area contributed by atoms with E-state index in [1.54, 1.807) is 32.4 Å². The summed E-state index contributed by atoms with van der Waals surface area (Å²) in [6, 6.07) is 0. The third-order valence-electron chi connectivity index (χ3n) is 3.20. The SMILES string of the molecule is CCn1c(C)c(C)[n+](C)c1CN(S(=O)(=O)F)S(=O)(=O)F. The molecule has 0 aliphatic heterocycles. The fourth-order valence-electron chi connectivity index (χ4n) is 1.99. The molecule has 0 bridgehead atoms. The summed E-state index contributed by atoms with van der Waals surface area (Å²) in [7, 11) is -9.89. The highest BCUT2D eigenvalue weighted by molar-refractivity contribution is 7.99. The molecule has 0 saturated heterocycles. The quantitative estimate of drug-likeness (QED) is 0.569. The average molecular weight is 332 g/mol. The van der Waals surface area contributed by atoms with Gasteiger partial charge in [0.05, 0.1) is 13.6 Å². The second kappa shape index (κ2) is 5.37. The van der Waals surface area contributed by atoms with E-state index in [2.05, 4.69) is 0 Å². The van der Waals surface area contributed by atoms with E-state index >= 15 is 0 Å². The molecule has 1 aromatic rings. The molecule has 0 aromatic carbocycles. The lowest BCUT2D eigenvalue weighted by Crippen LogP contribution is -2.41. The molecule has 0 aliphatic rings. The molecule has 116 valence electrons. The average Bonchev–Trinajstić information content (AvgIpc) is 2.47. The molecule has 20 heavy (non-hydrogen) atoms. The van der Waals surface area contributed by atoms with Crippen LogP contribution in [0.15, 0.2) is 0 Å². The maximum Gasteiger partial charge on any atom is 0.390 e. The van der Waals surface area contributed by atoms with Gasteiger partial charge in [0.25, 0.3) is 5.82 Å². The fraction of sp³-hybridized carbons (Fsp3) is 0.667. The third kappa shape index (κ3) is 3.15. The highest BCUT2D eigenvalue weighted by Crippen LogP contribution is 2.17. The minimum absolute atomic E-state index is 0.157. The topological polar surface area (TPSA) is 80.3 Å². The molecule has 0 N–H and O–H groups in total. The molecular weight excluding hydrogens is 316 g/mol. The number of aromatic nitrogens is 2. The minimum Gasteiger partial charge on any atom is -0.233 e. The summed E-state index contributed by atoms with van der Waals surface area (Å²) in [6.45, 7) is 4.66. The first-order valence-electron chi connectivity index (χ1n) is 5.63. The van der Waals surface area contributed by atoms with Gasteiger partial charge >= 0.3 is 20.8 Å². The van der Waals surface area contributed by atoms with Crippen molar-refractivity contribution in [2.24, 2.45) is 7.05 Å². The number of halogens is 2. The van der Waals surface area contributed by atoms with E-state index in [0.717, 1.165) is 11.4 Å². The maximum atomic E-state index is 13.0. The predicted octanol–water partition coefficient (Wildman–Crippen LogP) is 0.180. The second-order valence-electron chi connectivity index (χ2n) is 4.21. The molecule has 0 radical (unpaired) electrons. The Hall–Kier alpha value is -1.07. The monoisotopic (exact) mass is 332 g/mol. The van der Waals surface area contributed by atoms with Crippen LogP contribution in [0.2, 0.25) is 0 Å². The van der Waals surface area contributed by atoms with E-state index < -0.39 is 31.1 Å². The standard InChI is InChI=1S/C9H16F2N3O4S2/c1-5-13-8(3)7(2)12(4)9(13)6-14(19(10,15)16)20(11,17)18/h5-6H2,1-4H3/q+1. The van der Waals surface area contributed by atoms with E-state index in [0.29, 0.717) is 6.54 Å². The van der Waals surface area contributed by atoms with Crippen LogP contribution in [0.25, 0.3) is 0 Å². The molecule has 0 aliphatic carbocycles. The molecule has 0 fully saturated rings. The normalized spacial score (nSPS) is 13.2. The second-order valence-corrected chi connectivity index (χ2v) is 6.97. The highest BCUT2D eigenvalue weighted by Gasteiger charge is 2.38. The molecule has 11 heteroatoms. The van der Waals surface area contributed by atoms with Crippen LogP contribution in [0.1, 0.15) is 24.1 Å². The molecule has 1 heterocycles. The fourth-order valence-corrected chi connectivity index (χ4v) is 3.38. The lowest BCUT2D eigenvalue weighted by molar-refractivity contribution is -0.685. The summed E-state index contributed by atoms with van der Waals surface area (Å²) in [5, 5.41) is 0. The van der Waals surface area contributed by atoms with Gasteiger partial charge in [-0.15, -0.1) is 0 Å². The van der Waals surface area contributed by atoms with E-state index in [1.165, 1.54) is 4.57 Å². The van der Waals surface area contributed by atoms with Crippen molar-refractivity contribution in [3.8, 4) is 0 Å². The van der Waals surface area contributed by atoms with E-state index in [9.17, 15) is 24.6 Å². The van der Waals surface area contributed by atoms with Gasteiger partial charge in [0.15, 0.2) is 0 Å². The Morgan fingerprint density at radius 3 is 1.95 bits per heavy atom. The van der Waals surface area contributed by atoms with Gasteiger partial charge < -0.3 is 0 Å². The maximum absolute atomic E-state index is 13.0. The summed E-state index contributed by atoms with van der Waals surface area (Å²) in [6.07, 6.45) is 0. The van der Waals surface area contributed by atoms with Gasteiger partial charge in [0, 0.05) is 13.8 Å².